The Bertz CT molecular complexity index is 753. The maximum absolute atomic E-state index is 12.2. The molecule has 0 aliphatic carbocycles. The van der Waals surface area contributed by atoms with Crippen LogP contribution < -0.4 is 10.6 Å². The van der Waals surface area contributed by atoms with Gasteiger partial charge in [0.15, 0.2) is 0 Å². The van der Waals surface area contributed by atoms with Gasteiger partial charge in [-0.3, -0.25) is 14.5 Å². The number of amides is 2. The van der Waals surface area contributed by atoms with Crippen LogP contribution in [0.15, 0.2) is 29.6 Å². The van der Waals surface area contributed by atoms with E-state index in [0.29, 0.717) is 11.4 Å². The molecule has 2 amide bonds. The van der Waals surface area contributed by atoms with E-state index < -0.39 is 0 Å². The number of anilines is 2. The largest absolute Gasteiger partial charge is 0.326 e. The fraction of sp³-hybridized carbons (Fsp3) is 0.389. The molecule has 0 bridgehead atoms. The highest BCUT2D eigenvalue weighted by Crippen LogP contribution is 2.18. The van der Waals surface area contributed by atoms with Crippen molar-refractivity contribution in [1.29, 1.82) is 0 Å². The first-order chi connectivity index (χ1) is 12.1. The van der Waals surface area contributed by atoms with Crippen LogP contribution in [0.3, 0.4) is 0 Å². The molecular weight excluding hydrogens is 336 g/mol. The minimum Gasteiger partial charge on any atom is -0.326 e. The first-order valence-electron chi connectivity index (χ1n) is 8.41. The molecule has 1 fully saturated rings. The summed E-state index contributed by atoms with van der Waals surface area (Å²) >= 11 is 1.61. The normalized spacial score (nSPS) is 14.4. The summed E-state index contributed by atoms with van der Waals surface area (Å²) in [5.41, 5.74) is 2.12. The Balaban J connectivity index is 1.54. The van der Waals surface area contributed by atoms with Crippen molar-refractivity contribution < 1.29 is 9.59 Å². The Morgan fingerprint density at radius 1 is 1.20 bits per heavy atom. The molecule has 2 heterocycles. The van der Waals surface area contributed by atoms with E-state index >= 15 is 0 Å². The molecule has 2 N–H and O–H groups in total. The van der Waals surface area contributed by atoms with E-state index in [1.165, 1.54) is 19.8 Å². The van der Waals surface area contributed by atoms with Crippen LogP contribution in [0.5, 0.6) is 0 Å². The summed E-state index contributed by atoms with van der Waals surface area (Å²) in [7, 11) is 0. The summed E-state index contributed by atoms with van der Waals surface area (Å²) in [5, 5.41) is 8.57. The third kappa shape index (κ3) is 5.37. The number of thiazole rings is 1. The summed E-state index contributed by atoms with van der Waals surface area (Å²) in [6.45, 7) is 4.61. The van der Waals surface area contributed by atoms with Crippen molar-refractivity contribution in [2.75, 3.05) is 23.7 Å². The zero-order valence-corrected chi connectivity index (χ0v) is 15.1. The van der Waals surface area contributed by atoms with Gasteiger partial charge >= 0.3 is 0 Å². The van der Waals surface area contributed by atoms with Gasteiger partial charge < -0.3 is 10.6 Å². The maximum atomic E-state index is 12.2. The van der Waals surface area contributed by atoms with E-state index in [0.717, 1.165) is 30.3 Å². The fourth-order valence-electron chi connectivity index (χ4n) is 2.88. The van der Waals surface area contributed by atoms with Gasteiger partial charge in [-0.05, 0) is 44.1 Å². The number of nitrogens with zero attached hydrogens (tertiary/aromatic N) is 2. The Hall–Kier alpha value is -2.25. The van der Waals surface area contributed by atoms with Gasteiger partial charge in [-0.2, -0.15) is 0 Å². The highest BCUT2D eigenvalue weighted by Gasteiger charge is 2.14. The third-order valence-corrected chi connectivity index (χ3v) is 4.85. The second-order valence-electron chi connectivity index (χ2n) is 6.20. The number of aromatic nitrogens is 1. The lowest BCUT2D eigenvalue weighted by Crippen LogP contribution is -2.18. The third-order valence-electron chi connectivity index (χ3n) is 3.97. The Morgan fingerprint density at radius 3 is 2.64 bits per heavy atom. The van der Waals surface area contributed by atoms with Crippen LogP contribution in [-0.2, 0) is 22.6 Å². The quantitative estimate of drug-likeness (QED) is 0.833. The van der Waals surface area contributed by atoms with Crippen molar-refractivity contribution in [3.05, 3.63) is 40.3 Å². The number of nitrogens with one attached hydrogen (secondary N) is 2. The van der Waals surface area contributed by atoms with Gasteiger partial charge in [0.25, 0.3) is 0 Å². The molecule has 1 aliphatic heterocycles. The highest BCUT2D eigenvalue weighted by molar-refractivity contribution is 7.09. The van der Waals surface area contributed by atoms with Crippen molar-refractivity contribution in [3.63, 3.8) is 0 Å². The second-order valence-corrected chi connectivity index (χ2v) is 7.15. The van der Waals surface area contributed by atoms with E-state index in [1.807, 2.05) is 5.38 Å². The lowest BCUT2D eigenvalue weighted by molar-refractivity contribution is -0.116. The zero-order valence-electron chi connectivity index (χ0n) is 14.2. The van der Waals surface area contributed by atoms with E-state index in [-0.39, 0.29) is 18.2 Å². The highest BCUT2D eigenvalue weighted by atomic mass is 32.1. The van der Waals surface area contributed by atoms with Crippen molar-refractivity contribution in [2.45, 2.75) is 32.7 Å². The smallest absolute Gasteiger partial charge is 0.230 e. The first-order valence-corrected chi connectivity index (χ1v) is 9.29. The molecule has 1 aromatic heterocycles. The molecule has 0 atom stereocenters. The van der Waals surface area contributed by atoms with Crippen LogP contribution >= 0.6 is 11.3 Å². The summed E-state index contributed by atoms with van der Waals surface area (Å²) in [5.74, 6) is -0.255. The molecule has 1 aliphatic rings. The SMILES string of the molecule is CC(=O)Nc1cccc(NC(=O)Cc2csc(CN3CCCC3)n2)c1. The van der Waals surface area contributed by atoms with Crippen LogP contribution in [0.25, 0.3) is 0 Å². The van der Waals surface area contributed by atoms with Crippen molar-refractivity contribution in [3.8, 4) is 0 Å². The van der Waals surface area contributed by atoms with Crippen LogP contribution in [0.2, 0.25) is 0 Å². The van der Waals surface area contributed by atoms with Crippen LogP contribution in [0.4, 0.5) is 11.4 Å². The molecule has 0 radical (unpaired) electrons. The molecular formula is C18H22N4O2S. The molecule has 0 unspecified atom stereocenters. The second kappa shape index (κ2) is 8.22. The van der Waals surface area contributed by atoms with Crippen LogP contribution in [0.1, 0.15) is 30.5 Å². The number of hydrogen-bond donors (Lipinski definition) is 2. The Morgan fingerprint density at radius 2 is 1.92 bits per heavy atom. The zero-order chi connectivity index (χ0) is 17.6. The standard InChI is InChI=1S/C18H22N4O2S/c1-13(23)19-14-5-4-6-15(9-14)20-17(24)10-16-12-25-18(21-16)11-22-7-2-3-8-22/h4-6,9,12H,2-3,7-8,10-11H2,1H3,(H,19,23)(H,20,24). The molecule has 6 nitrogen and oxygen atoms in total. The van der Waals surface area contributed by atoms with Gasteiger partial charge in [-0.15, -0.1) is 11.3 Å². The predicted molar refractivity (Wildman–Crippen MR) is 99.7 cm³/mol. The van der Waals surface area contributed by atoms with Gasteiger partial charge in [-0.25, -0.2) is 4.98 Å². The minimum absolute atomic E-state index is 0.113. The van der Waals surface area contributed by atoms with Gasteiger partial charge in [0, 0.05) is 23.7 Å². The van der Waals surface area contributed by atoms with Crippen LogP contribution in [-0.4, -0.2) is 34.8 Å². The van der Waals surface area contributed by atoms with Crippen molar-refractivity contribution in [1.82, 2.24) is 9.88 Å². The summed E-state index contributed by atoms with van der Waals surface area (Å²) < 4.78 is 0. The van der Waals surface area contributed by atoms with Gasteiger partial charge in [0.05, 0.1) is 18.7 Å². The summed E-state index contributed by atoms with van der Waals surface area (Å²) in [6.07, 6.45) is 2.78. The summed E-state index contributed by atoms with van der Waals surface area (Å²) in [6, 6.07) is 7.10. The number of hydrogen-bond acceptors (Lipinski definition) is 5. The molecule has 0 spiro atoms. The van der Waals surface area contributed by atoms with Crippen LogP contribution in [0, 0.1) is 0 Å². The van der Waals surface area contributed by atoms with E-state index in [4.69, 9.17) is 0 Å². The lowest BCUT2D eigenvalue weighted by atomic mass is 10.2. The molecule has 25 heavy (non-hydrogen) atoms. The monoisotopic (exact) mass is 358 g/mol. The predicted octanol–water partition coefficient (Wildman–Crippen LogP) is 2.88. The first kappa shape index (κ1) is 17.6. The molecule has 7 heteroatoms. The minimum atomic E-state index is -0.142. The number of benzene rings is 1. The Labute approximate surface area is 151 Å². The number of carbonyl (C=O) groups excluding carboxylic acids is 2. The number of rotatable bonds is 6. The van der Waals surface area contributed by atoms with Crippen molar-refractivity contribution in [2.24, 2.45) is 0 Å². The van der Waals surface area contributed by atoms with E-state index in [2.05, 4.69) is 20.5 Å². The number of carbonyl (C=O) groups is 2. The van der Waals surface area contributed by atoms with Gasteiger partial charge in [-0.1, -0.05) is 6.07 Å². The number of likely N-dealkylation sites (tertiary alicyclic amines) is 1. The topological polar surface area (TPSA) is 74.3 Å². The average Bonchev–Trinajstić information content (AvgIpc) is 3.19. The molecule has 2 aromatic rings. The molecule has 132 valence electrons. The Kier molecular flexibility index (Phi) is 5.78. The van der Waals surface area contributed by atoms with E-state index in [9.17, 15) is 9.59 Å². The van der Waals surface area contributed by atoms with Crippen molar-refractivity contribution >= 4 is 34.5 Å². The average molecular weight is 358 g/mol. The fourth-order valence-corrected chi connectivity index (χ4v) is 3.72. The molecule has 0 saturated carbocycles. The van der Waals surface area contributed by atoms with Gasteiger partial charge in [0.1, 0.15) is 5.01 Å². The maximum Gasteiger partial charge on any atom is 0.230 e. The summed E-state index contributed by atoms with van der Waals surface area (Å²) in [4.78, 5) is 30.3. The molecule has 1 aromatic carbocycles. The molecule has 3 rings (SSSR count). The lowest BCUT2D eigenvalue weighted by Gasteiger charge is -2.11. The van der Waals surface area contributed by atoms with Gasteiger partial charge in [0.2, 0.25) is 11.8 Å². The van der Waals surface area contributed by atoms with E-state index in [1.54, 1.807) is 35.6 Å². The molecule has 1 saturated heterocycles.